The highest BCUT2D eigenvalue weighted by Crippen LogP contribution is 2.22. The molecule has 0 aromatic carbocycles. The Morgan fingerprint density at radius 3 is 2.59 bits per heavy atom. The molecule has 0 atom stereocenters. The number of fused-ring (bicyclic) bond motifs is 1. The maximum atomic E-state index is 4.61. The normalized spacial score (nSPS) is 11.4. The SMILES string of the molecule is CCCCCCCCCc1nc2c[nH]cc2s1. The summed E-state index contributed by atoms with van der Waals surface area (Å²) in [6, 6.07) is 0. The lowest BCUT2D eigenvalue weighted by molar-refractivity contribution is 0.589. The molecule has 0 amide bonds. The van der Waals surface area contributed by atoms with E-state index in [0.29, 0.717) is 0 Å². The van der Waals surface area contributed by atoms with Crippen molar-refractivity contribution in [1.82, 2.24) is 9.97 Å². The van der Waals surface area contributed by atoms with E-state index in [1.807, 2.05) is 23.7 Å². The molecule has 2 aromatic rings. The Morgan fingerprint density at radius 1 is 1.06 bits per heavy atom. The fourth-order valence-corrected chi connectivity index (χ4v) is 3.12. The number of aromatic amines is 1. The van der Waals surface area contributed by atoms with Gasteiger partial charge in [-0.25, -0.2) is 4.98 Å². The Balaban J connectivity index is 1.60. The summed E-state index contributed by atoms with van der Waals surface area (Å²) in [5, 5.41) is 1.30. The molecule has 0 aliphatic carbocycles. The standard InChI is InChI=1S/C14H22N2S/c1-2-3-4-5-6-7-8-9-14-16-12-10-15-11-13(12)17-14/h10-11,15H,2-9H2,1H3. The fourth-order valence-electron chi connectivity index (χ4n) is 2.13. The maximum absolute atomic E-state index is 4.61. The average molecular weight is 250 g/mol. The molecular formula is C14H22N2S. The third-order valence-electron chi connectivity index (χ3n) is 3.15. The molecule has 0 saturated heterocycles. The molecule has 17 heavy (non-hydrogen) atoms. The van der Waals surface area contributed by atoms with Crippen LogP contribution in [0.2, 0.25) is 0 Å². The van der Waals surface area contributed by atoms with Crippen LogP contribution in [0.1, 0.15) is 56.9 Å². The molecule has 2 rings (SSSR count). The second kappa shape index (κ2) is 6.80. The van der Waals surface area contributed by atoms with Gasteiger partial charge in [0.25, 0.3) is 0 Å². The zero-order chi connectivity index (χ0) is 11.9. The molecule has 0 unspecified atom stereocenters. The third kappa shape index (κ3) is 3.84. The number of nitrogens with one attached hydrogen (secondary N) is 1. The van der Waals surface area contributed by atoms with Crippen molar-refractivity contribution in [3.63, 3.8) is 0 Å². The smallest absolute Gasteiger partial charge is 0.0989 e. The van der Waals surface area contributed by atoms with Crippen LogP contribution < -0.4 is 0 Å². The van der Waals surface area contributed by atoms with Gasteiger partial charge in [0.15, 0.2) is 0 Å². The number of rotatable bonds is 8. The van der Waals surface area contributed by atoms with Gasteiger partial charge in [-0.05, 0) is 12.8 Å². The van der Waals surface area contributed by atoms with Gasteiger partial charge in [0, 0.05) is 12.4 Å². The van der Waals surface area contributed by atoms with E-state index < -0.39 is 0 Å². The molecule has 0 saturated carbocycles. The Morgan fingerprint density at radius 2 is 1.82 bits per heavy atom. The van der Waals surface area contributed by atoms with E-state index >= 15 is 0 Å². The van der Waals surface area contributed by atoms with E-state index in [1.54, 1.807) is 0 Å². The minimum atomic E-state index is 1.13. The van der Waals surface area contributed by atoms with Crippen molar-refractivity contribution in [2.75, 3.05) is 0 Å². The highest BCUT2D eigenvalue weighted by atomic mass is 32.1. The van der Waals surface area contributed by atoms with E-state index in [1.165, 1.54) is 54.7 Å². The largest absolute Gasteiger partial charge is 0.364 e. The summed E-state index contributed by atoms with van der Waals surface area (Å²) < 4.78 is 1.29. The van der Waals surface area contributed by atoms with E-state index in [0.717, 1.165) is 11.9 Å². The number of hydrogen-bond donors (Lipinski definition) is 1. The molecule has 3 heteroatoms. The Labute approximate surface area is 107 Å². The summed E-state index contributed by atoms with van der Waals surface area (Å²) in [7, 11) is 0. The molecule has 2 nitrogen and oxygen atoms in total. The van der Waals surface area contributed by atoms with Gasteiger partial charge >= 0.3 is 0 Å². The molecule has 94 valence electrons. The lowest BCUT2D eigenvalue weighted by Crippen LogP contribution is -1.85. The van der Waals surface area contributed by atoms with Gasteiger partial charge < -0.3 is 4.98 Å². The predicted octanol–water partition coefficient (Wildman–Crippen LogP) is 4.92. The lowest BCUT2D eigenvalue weighted by Gasteiger charge is -1.99. The quantitative estimate of drug-likeness (QED) is 0.662. The van der Waals surface area contributed by atoms with Crippen molar-refractivity contribution in [3.8, 4) is 0 Å². The fraction of sp³-hybridized carbons (Fsp3) is 0.643. The number of nitrogens with zero attached hydrogens (tertiary/aromatic N) is 1. The summed E-state index contributed by atoms with van der Waals surface area (Å²) >= 11 is 1.83. The van der Waals surface area contributed by atoms with Gasteiger partial charge in [0.05, 0.1) is 15.2 Å². The zero-order valence-electron chi connectivity index (χ0n) is 10.7. The summed E-state index contributed by atoms with van der Waals surface area (Å²) in [5.41, 5.74) is 1.13. The van der Waals surface area contributed by atoms with Crippen LogP contribution in [0.5, 0.6) is 0 Å². The van der Waals surface area contributed by atoms with Crippen LogP contribution in [-0.4, -0.2) is 9.97 Å². The topological polar surface area (TPSA) is 28.7 Å². The highest BCUT2D eigenvalue weighted by Gasteiger charge is 2.03. The van der Waals surface area contributed by atoms with Gasteiger partial charge in [-0.2, -0.15) is 0 Å². The number of H-pyrrole nitrogens is 1. The number of aromatic nitrogens is 2. The third-order valence-corrected chi connectivity index (χ3v) is 4.23. The monoisotopic (exact) mass is 250 g/mol. The molecule has 2 heterocycles. The number of hydrogen-bond acceptors (Lipinski definition) is 2. The van der Waals surface area contributed by atoms with Crippen LogP contribution in [-0.2, 0) is 6.42 Å². The van der Waals surface area contributed by atoms with Crippen LogP contribution in [0.4, 0.5) is 0 Å². The second-order valence-corrected chi connectivity index (χ2v) is 5.80. The molecule has 1 N–H and O–H groups in total. The van der Waals surface area contributed by atoms with Crippen LogP contribution in [0, 0.1) is 0 Å². The van der Waals surface area contributed by atoms with Gasteiger partial charge in [-0.1, -0.05) is 45.4 Å². The molecule has 0 aliphatic heterocycles. The maximum Gasteiger partial charge on any atom is 0.0989 e. The first-order valence-electron chi connectivity index (χ1n) is 6.82. The molecule has 2 aromatic heterocycles. The number of unbranched alkanes of at least 4 members (excludes halogenated alkanes) is 6. The molecule has 0 radical (unpaired) electrons. The van der Waals surface area contributed by atoms with E-state index in [9.17, 15) is 0 Å². The molecule has 0 spiro atoms. The van der Waals surface area contributed by atoms with Crippen molar-refractivity contribution in [2.45, 2.75) is 58.3 Å². The lowest BCUT2D eigenvalue weighted by atomic mass is 10.1. The summed E-state index contributed by atoms with van der Waals surface area (Å²) in [4.78, 5) is 7.70. The summed E-state index contributed by atoms with van der Waals surface area (Å²) in [6.45, 7) is 2.27. The van der Waals surface area contributed by atoms with Crippen molar-refractivity contribution in [3.05, 3.63) is 17.4 Å². The molecule has 0 fully saturated rings. The second-order valence-electron chi connectivity index (χ2n) is 4.68. The van der Waals surface area contributed by atoms with Gasteiger partial charge in [-0.15, -0.1) is 11.3 Å². The molecular weight excluding hydrogens is 228 g/mol. The van der Waals surface area contributed by atoms with E-state index in [-0.39, 0.29) is 0 Å². The van der Waals surface area contributed by atoms with Crippen LogP contribution >= 0.6 is 11.3 Å². The van der Waals surface area contributed by atoms with Gasteiger partial charge in [0.2, 0.25) is 0 Å². The Bertz CT molecular complexity index is 402. The summed E-state index contributed by atoms with van der Waals surface area (Å²) in [5.74, 6) is 0. The number of aryl methyl sites for hydroxylation is 1. The van der Waals surface area contributed by atoms with Crippen LogP contribution in [0.15, 0.2) is 12.4 Å². The minimum absolute atomic E-state index is 1.13. The van der Waals surface area contributed by atoms with Gasteiger partial charge in [-0.3, -0.25) is 0 Å². The molecule has 0 bridgehead atoms. The average Bonchev–Trinajstić information content (AvgIpc) is 2.88. The first-order valence-corrected chi connectivity index (χ1v) is 7.64. The minimum Gasteiger partial charge on any atom is -0.364 e. The van der Waals surface area contributed by atoms with E-state index in [4.69, 9.17) is 0 Å². The van der Waals surface area contributed by atoms with Crippen molar-refractivity contribution in [1.29, 1.82) is 0 Å². The first kappa shape index (κ1) is 12.6. The Hall–Kier alpha value is -0.830. The zero-order valence-corrected chi connectivity index (χ0v) is 11.5. The first-order chi connectivity index (χ1) is 8.40. The number of thiazole rings is 1. The van der Waals surface area contributed by atoms with Crippen molar-refractivity contribution >= 4 is 21.6 Å². The van der Waals surface area contributed by atoms with Gasteiger partial charge in [0.1, 0.15) is 0 Å². The molecule has 0 aliphatic rings. The van der Waals surface area contributed by atoms with E-state index in [2.05, 4.69) is 16.9 Å². The van der Waals surface area contributed by atoms with Crippen LogP contribution in [0.3, 0.4) is 0 Å². The van der Waals surface area contributed by atoms with Crippen molar-refractivity contribution in [2.24, 2.45) is 0 Å². The summed E-state index contributed by atoms with van der Waals surface area (Å²) in [6.07, 6.45) is 14.8. The Kier molecular flexibility index (Phi) is 5.05. The van der Waals surface area contributed by atoms with Crippen LogP contribution in [0.25, 0.3) is 10.2 Å². The van der Waals surface area contributed by atoms with Crippen molar-refractivity contribution < 1.29 is 0 Å². The highest BCUT2D eigenvalue weighted by molar-refractivity contribution is 7.18. The predicted molar refractivity (Wildman–Crippen MR) is 75.7 cm³/mol.